The minimum absolute atomic E-state index is 0.114. The Morgan fingerprint density at radius 2 is 1.85 bits per heavy atom. The molecule has 7 heteroatoms. The molecule has 0 spiro atoms. The van der Waals surface area contributed by atoms with Crippen LogP contribution in [0.3, 0.4) is 0 Å². The van der Waals surface area contributed by atoms with Gasteiger partial charge in [0.15, 0.2) is 5.82 Å². The van der Waals surface area contributed by atoms with Gasteiger partial charge >= 0.3 is 0 Å². The third-order valence-corrected chi connectivity index (χ3v) is 4.22. The molecule has 0 aliphatic carbocycles. The van der Waals surface area contributed by atoms with Crippen molar-refractivity contribution < 1.29 is 4.79 Å². The number of hydrogen-bond acceptors (Lipinski definition) is 5. The molecule has 134 valence electrons. The fourth-order valence-electron chi connectivity index (χ4n) is 2.90. The number of rotatable bonds is 7. The van der Waals surface area contributed by atoms with Crippen LogP contribution >= 0.6 is 0 Å². The largest absolute Gasteiger partial charge is 0.337 e. The Hall–Kier alpha value is -3.06. The monoisotopic (exact) mass is 350 g/mol. The van der Waals surface area contributed by atoms with Crippen molar-refractivity contribution in [3.63, 3.8) is 0 Å². The van der Waals surface area contributed by atoms with E-state index in [9.17, 15) is 4.79 Å². The molecule has 0 fully saturated rings. The molecule has 1 amide bonds. The van der Waals surface area contributed by atoms with Crippen LogP contribution in [0.4, 0.5) is 0 Å². The maximum atomic E-state index is 12.0. The lowest BCUT2D eigenvalue weighted by Crippen LogP contribution is -2.34. The smallest absolute Gasteiger partial charge is 0.222 e. The molecule has 3 rings (SSSR count). The van der Waals surface area contributed by atoms with Crippen LogP contribution in [0.2, 0.25) is 0 Å². The molecule has 0 unspecified atom stereocenters. The molecule has 0 aliphatic rings. The van der Waals surface area contributed by atoms with Gasteiger partial charge in [-0.25, -0.2) is 5.10 Å². The van der Waals surface area contributed by atoms with Gasteiger partial charge in [0.2, 0.25) is 5.91 Å². The quantitative estimate of drug-likeness (QED) is 0.680. The van der Waals surface area contributed by atoms with Gasteiger partial charge in [0.1, 0.15) is 0 Å². The number of nitrogens with zero attached hydrogens (tertiary/aromatic N) is 4. The lowest BCUT2D eigenvalue weighted by atomic mass is 9.98. The first-order chi connectivity index (χ1) is 12.7. The molecule has 0 bridgehead atoms. The Morgan fingerprint density at radius 1 is 1.12 bits per heavy atom. The van der Waals surface area contributed by atoms with E-state index in [1.54, 1.807) is 4.90 Å². The van der Waals surface area contributed by atoms with Gasteiger partial charge in [0.25, 0.3) is 0 Å². The summed E-state index contributed by atoms with van der Waals surface area (Å²) in [6.45, 7) is 3.46. The molecule has 0 saturated heterocycles. The summed E-state index contributed by atoms with van der Waals surface area (Å²) >= 11 is 0. The summed E-state index contributed by atoms with van der Waals surface area (Å²) < 4.78 is 0. The summed E-state index contributed by atoms with van der Waals surface area (Å²) in [5, 5.41) is 14.1. The molecule has 3 N–H and O–H groups in total. The lowest BCUT2D eigenvalue weighted by molar-refractivity contribution is -0.131. The first kappa shape index (κ1) is 17.8. The summed E-state index contributed by atoms with van der Waals surface area (Å²) in [5.74, 6) is 0.745. The normalized spacial score (nSPS) is 10.7. The van der Waals surface area contributed by atoms with Gasteiger partial charge < -0.3 is 10.6 Å². The molecule has 0 saturated carbocycles. The second-order valence-corrected chi connectivity index (χ2v) is 5.95. The fraction of sp³-hybridized carbons (Fsp3) is 0.263. The maximum absolute atomic E-state index is 12.0. The van der Waals surface area contributed by atoms with E-state index in [2.05, 4.69) is 32.8 Å². The fourth-order valence-corrected chi connectivity index (χ4v) is 2.90. The molecule has 3 aromatic rings. The van der Waals surface area contributed by atoms with Crippen LogP contribution in [0.15, 0.2) is 48.5 Å². The van der Waals surface area contributed by atoms with Crippen LogP contribution in [0.5, 0.6) is 0 Å². The van der Waals surface area contributed by atoms with E-state index in [4.69, 9.17) is 5.73 Å². The molecule has 7 nitrogen and oxygen atoms in total. The number of hydrogen-bond donors (Lipinski definition) is 2. The Labute approximate surface area is 152 Å². The maximum Gasteiger partial charge on any atom is 0.222 e. The standard InChI is InChI=1S/C19H22N6O/c1-2-18(26)25(12-11-20)13-14-7-9-15(10-8-14)16-5-3-4-6-17(16)19-21-23-24-22-19/h3-10H,2,11-13,20H2,1H3,(H,21,22,23,24). The molecule has 1 heterocycles. The van der Waals surface area contributed by atoms with E-state index in [-0.39, 0.29) is 5.91 Å². The van der Waals surface area contributed by atoms with Crippen molar-refractivity contribution >= 4 is 5.91 Å². The zero-order valence-corrected chi connectivity index (χ0v) is 14.7. The Bertz CT molecular complexity index is 845. The molecule has 0 aliphatic heterocycles. The number of tetrazole rings is 1. The van der Waals surface area contributed by atoms with Gasteiger partial charge in [-0.2, -0.15) is 0 Å². The van der Waals surface area contributed by atoms with Gasteiger partial charge in [-0.1, -0.05) is 55.5 Å². The average molecular weight is 350 g/mol. The average Bonchev–Trinajstić information content (AvgIpc) is 3.22. The van der Waals surface area contributed by atoms with E-state index in [0.29, 0.717) is 31.9 Å². The van der Waals surface area contributed by atoms with Crippen LogP contribution in [0.25, 0.3) is 22.5 Å². The van der Waals surface area contributed by atoms with Crippen LogP contribution in [-0.4, -0.2) is 44.5 Å². The summed E-state index contributed by atoms with van der Waals surface area (Å²) in [7, 11) is 0. The number of carbonyl (C=O) groups is 1. The second kappa shape index (κ2) is 8.35. The highest BCUT2D eigenvalue weighted by molar-refractivity contribution is 5.80. The summed E-state index contributed by atoms with van der Waals surface area (Å²) in [6.07, 6.45) is 0.483. The highest BCUT2D eigenvalue weighted by Gasteiger charge is 2.12. The van der Waals surface area contributed by atoms with Crippen molar-refractivity contribution in [2.45, 2.75) is 19.9 Å². The zero-order chi connectivity index (χ0) is 18.4. The molecule has 1 aromatic heterocycles. The van der Waals surface area contributed by atoms with Crippen LogP contribution in [-0.2, 0) is 11.3 Å². The van der Waals surface area contributed by atoms with E-state index in [1.165, 1.54) is 0 Å². The Balaban J connectivity index is 1.84. The van der Waals surface area contributed by atoms with Crippen molar-refractivity contribution in [2.75, 3.05) is 13.1 Å². The number of nitrogens with one attached hydrogen (secondary N) is 1. The number of aromatic nitrogens is 4. The predicted molar refractivity (Wildman–Crippen MR) is 99.8 cm³/mol. The topological polar surface area (TPSA) is 101 Å². The molecular weight excluding hydrogens is 328 g/mol. The Morgan fingerprint density at radius 3 is 2.46 bits per heavy atom. The van der Waals surface area contributed by atoms with Crippen LogP contribution < -0.4 is 5.73 Å². The first-order valence-corrected chi connectivity index (χ1v) is 8.63. The van der Waals surface area contributed by atoms with Crippen molar-refractivity contribution in [3.05, 3.63) is 54.1 Å². The van der Waals surface area contributed by atoms with Crippen molar-refractivity contribution in [3.8, 4) is 22.5 Å². The van der Waals surface area contributed by atoms with E-state index in [1.807, 2.05) is 43.3 Å². The van der Waals surface area contributed by atoms with E-state index < -0.39 is 0 Å². The Kier molecular flexibility index (Phi) is 5.70. The highest BCUT2D eigenvalue weighted by Crippen LogP contribution is 2.29. The summed E-state index contributed by atoms with van der Waals surface area (Å²) in [6, 6.07) is 16.1. The van der Waals surface area contributed by atoms with Crippen molar-refractivity contribution in [2.24, 2.45) is 5.73 Å². The summed E-state index contributed by atoms with van der Waals surface area (Å²) in [4.78, 5) is 13.8. The van der Waals surface area contributed by atoms with Crippen LogP contribution in [0, 0.1) is 0 Å². The minimum Gasteiger partial charge on any atom is -0.337 e. The zero-order valence-electron chi connectivity index (χ0n) is 14.7. The molecule has 26 heavy (non-hydrogen) atoms. The number of H-pyrrole nitrogens is 1. The van der Waals surface area contributed by atoms with Crippen LogP contribution in [0.1, 0.15) is 18.9 Å². The van der Waals surface area contributed by atoms with Gasteiger partial charge in [-0.05, 0) is 27.1 Å². The molecular formula is C19H22N6O. The minimum atomic E-state index is 0.114. The number of carbonyl (C=O) groups excluding carboxylic acids is 1. The van der Waals surface area contributed by atoms with E-state index >= 15 is 0 Å². The SMILES string of the molecule is CCC(=O)N(CCN)Cc1ccc(-c2ccccc2-c2nnn[nH]2)cc1. The summed E-state index contributed by atoms with van der Waals surface area (Å²) in [5.41, 5.74) is 9.74. The number of benzene rings is 2. The third-order valence-electron chi connectivity index (χ3n) is 4.22. The molecule has 2 aromatic carbocycles. The number of amides is 1. The first-order valence-electron chi connectivity index (χ1n) is 8.63. The van der Waals surface area contributed by atoms with Gasteiger partial charge in [0.05, 0.1) is 0 Å². The van der Waals surface area contributed by atoms with E-state index in [0.717, 1.165) is 22.3 Å². The predicted octanol–water partition coefficient (Wildman–Crippen LogP) is 2.23. The van der Waals surface area contributed by atoms with Gasteiger partial charge in [0, 0.05) is 31.6 Å². The second-order valence-electron chi connectivity index (χ2n) is 5.95. The molecule has 0 radical (unpaired) electrons. The lowest BCUT2D eigenvalue weighted by Gasteiger charge is -2.21. The third kappa shape index (κ3) is 3.94. The van der Waals surface area contributed by atoms with Crippen molar-refractivity contribution in [1.82, 2.24) is 25.5 Å². The highest BCUT2D eigenvalue weighted by atomic mass is 16.2. The van der Waals surface area contributed by atoms with Crippen molar-refractivity contribution in [1.29, 1.82) is 0 Å². The van der Waals surface area contributed by atoms with Gasteiger partial charge in [-0.15, -0.1) is 5.10 Å². The molecule has 0 atom stereocenters. The number of nitrogens with two attached hydrogens (primary N) is 1. The number of aromatic amines is 1. The van der Waals surface area contributed by atoms with Gasteiger partial charge in [-0.3, -0.25) is 4.79 Å².